The summed E-state index contributed by atoms with van der Waals surface area (Å²) in [6.07, 6.45) is 3.27. The van der Waals surface area contributed by atoms with Crippen LogP contribution in [-0.4, -0.2) is 40.2 Å². The lowest BCUT2D eigenvalue weighted by Gasteiger charge is -2.22. The fourth-order valence-corrected chi connectivity index (χ4v) is 2.79. The van der Waals surface area contributed by atoms with Gasteiger partial charge in [0, 0.05) is 13.2 Å². The largest absolute Gasteiger partial charge is 0.376 e. The van der Waals surface area contributed by atoms with E-state index in [-0.39, 0.29) is 23.5 Å². The highest BCUT2D eigenvalue weighted by molar-refractivity contribution is 7.89. The van der Waals surface area contributed by atoms with Gasteiger partial charge in [-0.1, -0.05) is 12.1 Å². The monoisotopic (exact) mass is 342 g/mol. The topological polar surface area (TPSA) is 108 Å². The number of primary sulfonamides is 1. The highest BCUT2D eigenvalue weighted by Gasteiger charge is 2.14. The molecule has 0 saturated carbocycles. The normalized spacial score (nSPS) is 18.6. The number of nitrogens with two attached hydrogens (primary N) is 1. The van der Waals surface area contributed by atoms with Crippen molar-refractivity contribution in [2.24, 2.45) is 5.14 Å². The maximum absolute atomic E-state index is 11.7. The first-order chi connectivity index (χ1) is 10.9. The number of carbonyl (C=O) groups excluding carboxylic acids is 1. The van der Waals surface area contributed by atoms with E-state index in [1.807, 2.05) is 0 Å². The summed E-state index contributed by atoms with van der Waals surface area (Å²) in [4.78, 5) is 11.7. The van der Waals surface area contributed by atoms with Gasteiger partial charge in [-0.2, -0.15) is 0 Å². The second kappa shape index (κ2) is 8.39. The third kappa shape index (κ3) is 6.26. The summed E-state index contributed by atoms with van der Waals surface area (Å²) in [6, 6.07) is 6.04. The van der Waals surface area contributed by atoms with Gasteiger partial charge in [0.15, 0.2) is 0 Å². The van der Waals surface area contributed by atoms with Crippen LogP contribution in [0.3, 0.4) is 0 Å². The Balaban J connectivity index is 1.67. The molecule has 7 nitrogen and oxygen atoms in total. The van der Waals surface area contributed by atoms with E-state index in [0.717, 1.165) is 31.4 Å². The molecular formula is C15H22N2O5S. The average molecular weight is 342 g/mol. The van der Waals surface area contributed by atoms with E-state index in [4.69, 9.17) is 14.6 Å². The van der Waals surface area contributed by atoms with Gasteiger partial charge < -0.3 is 14.8 Å². The summed E-state index contributed by atoms with van der Waals surface area (Å²) >= 11 is 0. The van der Waals surface area contributed by atoms with Crippen LogP contribution in [0.5, 0.6) is 0 Å². The van der Waals surface area contributed by atoms with Crippen LogP contribution in [0.25, 0.3) is 0 Å². The lowest BCUT2D eigenvalue weighted by atomic mass is 10.1. The summed E-state index contributed by atoms with van der Waals surface area (Å²) in [5, 5.41) is 7.73. The molecule has 1 amide bonds. The third-order valence-corrected chi connectivity index (χ3v) is 4.48. The molecule has 0 radical (unpaired) electrons. The molecular weight excluding hydrogens is 320 g/mol. The Kier molecular flexibility index (Phi) is 6.52. The summed E-state index contributed by atoms with van der Waals surface area (Å²) < 4.78 is 33.1. The Morgan fingerprint density at radius 1 is 1.30 bits per heavy atom. The van der Waals surface area contributed by atoms with E-state index >= 15 is 0 Å². The quantitative estimate of drug-likeness (QED) is 0.752. The SMILES string of the molecule is NS(=O)(=O)c1ccc(CNC(=O)COCC2CCCCO2)cc1. The molecule has 0 spiro atoms. The zero-order valence-corrected chi connectivity index (χ0v) is 13.7. The molecule has 0 aromatic heterocycles. The Hall–Kier alpha value is -1.48. The lowest BCUT2D eigenvalue weighted by Crippen LogP contribution is -2.30. The van der Waals surface area contributed by atoms with Crippen LogP contribution in [0.15, 0.2) is 29.2 Å². The van der Waals surface area contributed by atoms with Gasteiger partial charge in [-0.3, -0.25) is 4.79 Å². The number of nitrogens with one attached hydrogen (secondary N) is 1. The fraction of sp³-hybridized carbons (Fsp3) is 0.533. The van der Waals surface area contributed by atoms with Gasteiger partial charge in [-0.15, -0.1) is 0 Å². The minimum Gasteiger partial charge on any atom is -0.376 e. The number of ether oxygens (including phenoxy) is 2. The van der Waals surface area contributed by atoms with Crippen LogP contribution in [0.1, 0.15) is 24.8 Å². The number of amides is 1. The molecule has 1 fully saturated rings. The Labute approximate surface area is 136 Å². The maximum Gasteiger partial charge on any atom is 0.246 e. The van der Waals surface area contributed by atoms with Gasteiger partial charge in [0.05, 0.1) is 17.6 Å². The van der Waals surface area contributed by atoms with E-state index < -0.39 is 10.0 Å². The highest BCUT2D eigenvalue weighted by atomic mass is 32.2. The Bertz CT molecular complexity index is 609. The molecule has 2 rings (SSSR count). The zero-order chi connectivity index (χ0) is 16.7. The van der Waals surface area contributed by atoms with Crippen molar-refractivity contribution in [1.29, 1.82) is 0 Å². The Morgan fingerprint density at radius 2 is 2.04 bits per heavy atom. The summed E-state index contributed by atoms with van der Waals surface area (Å²) in [5.74, 6) is -0.226. The van der Waals surface area contributed by atoms with Crippen molar-refractivity contribution in [2.75, 3.05) is 19.8 Å². The molecule has 23 heavy (non-hydrogen) atoms. The summed E-state index contributed by atoms with van der Waals surface area (Å²) in [7, 11) is -3.69. The van der Waals surface area contributed by atoms with E-state index in [1.54, 1.807) is 12.1 Å². The van der Waals surface area contributed by atoms with Crippen LogP contribution >= 0.6 is 0 Å². The molecule has 1 saturated heterocycles. The predicted octanol–water partition coefficient (Wildman–Crippen LogP) is 0.536. The molecule has 1 aromatic rings. The summed E-state index contributed by atoms with van der Waals surface area (Å²) in [5.41, 5.74) is 0.779. The van der Waals surface area contributed by atoms with Crippen molar-refractivity contribution in [3.05, 3.63) is 29.8 Å². The molecule has 1 aromatic carbocycles. The molecule has 1 unspecified atom stereocenters. The molecule has 0 aliphatic carbocycles. The van der Waals surface area contributed by atoms with Crippen molar-refractivity contribution in [3.63, 3.8) is 0 Å². The van der Waals surface area contributed by atoms with E-state index in [2.05, 4.69) is 5.32 Å². The molecule has 1 heterocycles. The lowest BCUT2D eigenvalue weighted by molar-refractivity contribution is -0.128. The highest BCUT2D eigenvalue weighted by Crippen LogP contribution is 2.12. The van der Waals surface area contributed by atoms with Crippen LogP contribution < -0.4 is 10.5 Å². The molecule has 3 N–H and O–H groups in total. The minimum absolute atomic E-state index is 0.0187. The fourth-order valence-electron chi connectivity index (χ4n) is 2.27. The predicted molar refractivity (Wildman–Crippen MR) is 84.1 cm³/mol. The van der Waals surface area contributed by atoms with Gasteiger partial charge >= 0.3 is 0 Å². The van der Waals surface area contributed by atoms with Gasteiger partial charge in [-0.05, 0) is 37.0 Å². The molecule has 128 valence electrons. The number of hydrogen-bond acceptors (Lipinski definition) is 5. The zero-order valence-electron chi connectivity index (χ0n) is 12.9. The van der Waals surface area contributed by atoms with Crippen molar-refractivity contribution in [1.82, 2.24) is 5.32 Å². The first kappa shape index (κ1) is 17.9. The van der Waals surface area contributed by atoms with Crippen molar-refractivity contribution < 1.29 is 22.7 Å². The number of carbonyl (C=O) groups is 1. The number of benzene rings is 1. The number of rotatable bonds is 7. The van der Waals surface area contributed by atoms with Crippen molar-refractivity contribution >= 4 is 15.9 Å². The van der Waals surface area contributed by atoms with E-state index in [0.29, 0.717) is 13.2 Å². The average Bonchev–Trinajstić information content (AvgIpc) is 2.53. The molecule has 0 bridgehead atoms. The van der Waals surface area contributed by atoms with Crippen LogP contribution in [-0.2, 0) is 30.8 Å². The van der Waals surface area contributed by atoms with Crippen molar-refractivity contribution in [3.8, 4) is 0 Å². The van der Waals surface area contributed by atoms with Gasteiger partial charge in [0.2, 0.25) is 15.9 Å². The van der Waals surface area contributed by atoms with E-state index in [1.165, 1.54) is 12.1 Å². The van der Waals surface area contributed by atoms with Gasteiger partial charge in [-0.25, -0.2) is 13.6 Å². The molecule has 1 aliphatic heterocycles. The van der Waals surface area contributed by atoms with Crippen LogP contribution in [0, 0.1) is 0 Å². The number of hydrogen-bond donors (Lipinski definition) is 2. The molecule has 1 atom stereocenters. The standard InChI is InChI=1S/C15H22N2O5S/c16-23(19,20)14-6-4-12(5-7-14)9-17-15(18)11-21-10-13-3-1-2-8-22-13/h4-7,13H,1-3,8-11H2,(H,17,18)(H2,16,19,20). The van der Waals surface area contributed by atoms with Gasteiger partial charge in [0.1, 0.15) is 6.61 Å². The van der Waals surface area contributed by atoms with Crippen LogP contribution in [0.2, 0.25) is 0 Å². The minimum atomic E-state index is -3.69. The van der Waals surface area contributed by atoms with Crippen LogP contribution in [0.4, 0.5) is 0 Å². The third-order valence-electron chi connectivity index (χ3n) is 3.55. The summed E-state index contributed by atoms with van der Waals surface area (Å²) in [6.45, 7) is 1.47. The molecule has 8 heteroatoms. The maximum atomic E-state index is 11.7. The first-order valence-corrected chi connectivity index (χ1v) is 9.07. The Morgan fingerprint density at radius 3 is 2.65 bits per heavy atom. The number of sulfonamides is 1. The second-order valence-corrected chi connectivity index (χ2v) is 7.03. The molecule has 1 aliphatic rings. The van der Waals surface area contributed by atoms with Crippen molar-refractivity contribution in [2.45, 2.75) is 36.8 Å². The van der Waals surface area contributed by atoms with E-state index in [9.17, 15) is 13.2 Å². The first-order valence-electron chi connectivity index (χ1n) is 7.53. The van der Waals surface area contributed by atoms with Gasteiger partial charge in [0.25, 0.3) is 0 Å². The second-order valence-electron chi connectivity index (χ2n) is 5.47. The smallest absolute Gasteiger partial charge is 0.246 e.